The third-order valence-corrected chi connectivity index (χ3v) is 1.10. The van der Waals surface area contributed by atoms with Gasteiger partial charge in [-0.3, -0.25) is 9.78 Å². The average molecular weight is 156 g/mol. The molecule has 0 aliphatic rings. The maximum Gasteiger partial charge on any atom is 0.416 e. The lowest BCUT2D eigenvalue weighted by molar-refractivity contribution is -0.119. The molecule has 1 amide bonds. The van der Waals surface area contributed by atoms with Crippen molar-refractivity contribution in [3.63, 3.8) is 0 Å². The van der Waals surface area contributed by atoms with Crippen molar-refractivity contribution < 1.29 is 9.21 Å². The molecule has 0 aliphatic carbocycles. The van der Waals surface area contributed by atoms with Gasteiger partial charge in [0.05, 0.1) is 12.2 Å². The standard InChI is InChI=1S/C6H8N2O3/c1-4(9)7-2-5-3-11-6(10)8-5/h3H,2H2,1H3,(H,7,9)(H,8,10). The molecule has 1 aromatic rings. The molecule has 0 atom stereocenters. The predicted molar refractivity (Wildman–Crippen MR) is 36.8 cm³/mol. The van der Waals surface area contributed by atoms with Crippen molar-refractivity contribution in [2.45, 2.75) is 13.5 Å². The van der Waals surface area contributed by atoms with Crippen LogP contribution in [0.25, 0.3) is 0 Å². The van der Waals surface area contributed by atoms with E-state index in [2.05, 4.69) is 14.7 Å². The van der Waals surface area contributed by atoms with Crippen LogP contribution in [0.2, 0.25) is 0 Å². The van der Waals surface area contributed by atoms with Crippen LogP contribution in [0.4, 0.5) is 0 Å². The highest BCUT2D eigenvalue weighted by molar-refractivity contribution is 5.72. The van der Waals surface area contributed by atoms with Crippen LogP contribution in [-0.4, -0.2) is 10.9 Å². The summed E-state index contributed by atoms with van der Waals surface area (Å²) in [6.07, 6.45) is 1.28. The molecule has 0 bridgehead atoms. The number of carbonyl (C=O) groups is 1. The molecule has 0 aromatic carbocycles. The Morgan fingerprint density at radius 3 is 3.00 bits per heavy atom. The minimum atomic E-state index is -0.509. The van der Waals surface area contributed by atoms with Crippen LogP contribution in [-0.2, 0) is 11.3 Å². The highest BCUT2D eigenvalue weighted by atomic mass is 16.4. The molecule has 0 aliphatic heterocycles. The second-order valence-electron chi connectivity index (χ2n) is 2.08. The van der Waals surface area contributed by atoms with E-state index in [9.17, 15) is 9.59 Å². The molecule has 1 heterocycles. The lowest BCUT2D eigenvalue weighted by atomic mass is 10.5. The van der Waals surface area contributed by atoms with E-state index in [0.29, 0.717) is 12.2 Å². The molecule has 5 heteroatoms. The summed E-state index contributed by atoms with van der Waals surface area (Å²) < 4.78 is 4.43. The first-order valence-corrected chi connectivity index (χ1v) is 3.09. The number of rotatable bonds is 2. The van der Waals surface area contributed by atoms with Crippen molar-refractivity contribution in [3.8, 4) is 0 Å². The van der Waals surface area contributed by atoms with Crippen molar-refractivity contribution in [3.05, 3.63) is 22.5 Å². The SMILES string of the molecule is CC(=O)NCc1coc(=O)[nH]1. The number of nitrogens with one attached hydrogen (secondary N) is 2. The third-order valence-electron chi connectivity index (χ3n) is 1.10. The van der Waals surface area contributed by atoms with Crippen LogP contribution in [0.15, 0.2) is 15.5 Å². The summed E-state index contributed by atoms with van der Waals surface area (Å²) in [6.45, 7) is 1.69. The second-order valence-corrected chi connectivity index (χ2v) is 2.08. The molecule has 0 spiro atoms. The number of amides is 1. The monoisotopic (exact) mass is 156 g/mol. The number of carbonyl (C=O) groups excluding carboxylic acids is 1. The molecule has 1 rings (SSSR count). The van der Waals surface area contributed by atoms with E-state index in [-0.39, 0.29) is 5.91 Å². The minimum Gasteiger partial charge on any atom is -0.416 e. The largest absolute Gasteiger partial charge is 0.416 e. The molecule has 1 aromatic heterocycles. The van der Waals surface area contributed by atoms with Crippen molar-refractivity contribution in [2.24, 2.45) is 0 Å². The van der Waals surface area contributed by atoms with Crippen LogP contribution in [0, 0.1) is 0 Å². The topological polar surface area (TPSA) is 75.1 Å². The first-order valence-electron chi connectivity index (χ1n) is 3.09. The Morgan fingerprint density at radius 2 is 2.55 bits per heavy atom. The summed E-state index contributed by atoms with van der Waals surface area (Å²) in [6, 6.07) is 0. The third kappa shape index (κ3) is 2.29. The van der Waals surface area contributed by atoms with Crippen molar-refractivity contribution >= 4 is 5.91 Å². The van der Waals surface area contributed by atoms with Crippen molar-refractivity contribution in [1.82, 2.24) is 10.3 Å². The second kappa shape index (κ2) is 3.05. The minimum absolute atomic E-state index is 0.146. The summed E-state index contributed by atoms with van der Waals surface area (Å²) in [5, 5.41) is 2.51. The maximum atomic E-state index is 10.4. The Labute approximate surface area is 62.4 Å². The smallest absolute Gasteiger partial charge is 0.416 e. The van der Waals surface area contributed by atoms with Crippen LogP contribution in [0.5, 0.6) is 0 Å². The van der Waals surface area contributed by atoms with Gasteiger partial charge in [-0.25, -0.2) is 4.79 Å². The first kappa shape index (κ1) is 7.59. The molecule has 2 N–H and O–H groups in total. The lowest BCUT2D eigenvalue weighted by Crippen LogP contribution is -2.19. The zero-order valence-corrected chi connectivity index (χ0v) is 6.01. The molecule has 0 saturated carbocycles. The van der Waals surface area contributed by atoms with Crippen molar-refractivity contribution in [1.29, 1.82) is 0 Å². The number of H-pyrrole nitrogens is 1. The Kier molecular flexibility index (Phi) is 2.10. The first-order chi connectivity index (χ1) is 5.18. The summed E-state index contributed by atoms with van der Waals surface area (Å²) >= 11 is 0. The van der Waals surface area contributed by atoms with Gasteiger partial charge in [-0.1, -0.05) is 0 Å². The van der Waals surface area contributed by atoms with E-state index in [1.54, 1.807) is 0 Å². The van der Waals surface area contributed by atoms with Gasteiger partial charge in [0.2, 0.25) is 5.91 Å². The Bertz CT molecular complexity index is 299. The van der Waals surface area contributed by atoms with Gasteiger partial charge in [0.1, 0.15) is 6.26 Å². The zero-order chi connectivity index (χ0) is 8.27. The summed E-state index contributed by atoms with van der Waals surface area (Å²) in [4.78, 5) is 23.2. The van der Waals surface area contributed by atoms with Gasteiger partial charge in [0.15, 0.2) is 0 Å². The fraction of sp³-hybridized carbons (Fsp3) is 0.333. The number of oxazole rings is 1. The normalized spacial score (nSPS) is 9.55. The van der Waals surface area contributed by atoms with Crippen molar-refractivity contribution in [2.75, 3.05) is 0 Å². The zero-order valence-electron chi connectivity index (χ0n) is 6.01. The molecule has 0 saturated heterocycles. The molecular weight excluding hydrogens is 148 g/mol. The predicted octanol–water partition coefficient (Wildman–Crippen LogP) is -0.396. The molecule has 11 heavy (non-hydrogen) atoms. The van der Waals surface area contributed by atoms with Crippen LogP contribution < -0.4 is 11.1 Å². The van der Waals surface area contributed by atoms with Crippen LogP contribution >= 0.6 is 0 Å². The van der Waals surface area contributed by atoms with Gasteiger partial charge in [0.25, 0.3) is 0 Å². The van der Waals surface area contributed by atoms with Gasteiger partial charge in [0, 0.05) is 6.92 Å². The van der Waals surface area contributed by atoms with Gasteiger partial charge in [-0.15, -0.1) is 0 Å². The van der Waals surface area contributed by atoms with Gasteiger partial charge < -0.3 is 9.73 Å². The average Bonchev–Trinajstić information content (AvgIpc) is 2.31. The quantitative estimate of drug-likeness (QED) is 0.612. The summed E-state index contributed by atoms with van der Waals surface area (Å²) in [5.41, 5.74) is 0.560. The van der Waals surface area contributed by atoms with E-state index in [4.69, 9.17) is 0 Å². The van der Waals surface area contributed by atoms with E-state index in [0.717, 1.165) is 0 Å². The van der Waals surface area contributed by atoms with Crippen LogP contribution in [0.3, 0.4) is 0 Å². The van der Waals surface area contributed by atoms with E-state index < -0.39 is 5.76 Å². The molecule has 0 unspecified atom stereocenters. The Hall–Kier alpha value is -1.52. The van der Waals surface area contributed by atoms with E-state index in [1.165, 1.54) is 13.2 Å². The lowest BCUT2D eigenvalue weighted by Gasteiger charge is -1.95. The molecule has 5 nitrogen and oxygen atoms in total. The van der Waals surface area contributed by atoms with Gasteiger partial charge >= 0.3 is 5.76 Å². The maximum absolute atomic E-state index is 10.4. The van der Waals surface area contributed by atoms with E-state index >= 15 is 0 Å². The number of aromatic nitrogens is 1. The highest BCUT2D eigenvalue weighted by Gasteiger charge is 1.97. The number of hydrogen-bond donors (Lipinski definition) is 2. The molecule has 0 fully saturated rings. The summed E-state index contributed by atoms with van der Waals surface area (Å²) in [5.74, 6) is -0.655. The fourth-order valence-electron chi connectivity index (χ4n) is 0.620. The highest BCUT2D eigenvalue weighted by Crippen LogP contribution is 1.87. The molecular formula is C6H8N2O3. The number of aromatic amines is 1. The van der Waals surface area contributed by atoms with Gasteiger partial charge in [-0.2, -0.15) is 0 Å². The van der Waals surface area contributed by atoms with Gasteiger partial charge in [-0.05, 0) is 0 Å². The molecule has 0 radical (unpaired) electrons. The Morgan fingerprint density at radius 1 is 1.82 bits per heavy atom. The Balaban J connectivity index is 2.51. The number of hydrogen-bond acceptors (Lipinski definition) is 3. The van der Waals surface area contributed by atoms with Crippen LogP contribution in [0.1, 0.15) is 12.6 Å². The molecule has 60 valence electrons. The van der Waals surface area contributed by atoms with E-state index in [1.807, 2.05) is 0 Å². The summed E-state index contributed by atoms with van der Waals surface area (Å²) in [7, 11) is 0. The fourth-order valence-corrected chi connectivity index (χ4v) is 0.620.